The Labute approximate surface area is 119 Å². The highest BCUT2D eigenvalue weighted by Gasteiger charge is 2.18. The smallest absolute Gasteiger partial charge is 0.200 e. The van der Waals surface area contributed by atoms with Crippen LogP contribution < -0.4 is 9.47 Å². The van der Waals surface area contributed by atoms with E-state index in [1.165, 1.54) is 0 Å². The zero-order valence-corrected chi connectivity index (χ0v) is 11.9. The molecule has 0 aliphatic carbocycles. The average Bonchev–Trinajstić information content (AvgIpc) is 2.46. The number of rotatable bonds is 5. The fourth-order valence-electron chi connectivity index (χ4n) is 1.99. The van der Waals surface area contributed by atoms with Crippen molar-refractivity contribution in [3.63, 3.8) is 0 Å². The van der Waals surface area contributed by atoms with Crippen molar-refractivity contribution in [2.75, 3.05) is 7.11 Å². The summed E-state index contributed by atoms with van der Waals surface area (Å²) < 4.78 is 10.9. The molecule has 0 fully saturated rings. The van der Waals surface area contributed by atoms with E-state index in [1.54, 1.807) is 25.3 Å². The molecule has 0 atom stereocenters. The van der Waals surface area contributed by atoms with Crippen molar-refractivity contribution in [3.05, 3.63) is 59.7 Å². The number of carbonyl (C=O) groups is 1. The highest BCUT2D eigenvalue weighted by Crippen LogP contribution is 2.26. The van der Waals surface area contributed by atoms with Crippen LogP contribution in [0.4, 0.5) is 0 Å². The summed E-state index contributed by atoms with van der Waals surface area (Å²) in [5, 5.41) is 0. The first-order valence-corrected chi connectivity index (χ1v) is 6.57. The van der Waals surface area contributed by atoms with E-state index in [2.05, 4.69) is 0 Å². The van der Waals surface area contributed by atoms with Crippen molar-refractivity contribution >= 4 is 5.78 Å². The molecule has 104 valence electrons. The number of hydrogen-bond donors (Lipinski definition) is 0. The number of ketones is 1. The van der Waals surface area contributed by atoms with Gasteiger partial charge in [0.1, 0.15) is 11.5 Å². The van der Waals surface area contributed by atoms with E-state index in [4.69, 9.17) is 9.47 Å². The summed E-state index contributed by atoms with van der Waals surface area (Å²) in [5.41, 5.74) is 1.08. The molecule has 0 spiro atoms. The standard InChI is InChI=1S/C17H18O3/c1-12(2)20-16-11-7-5-9-14(16)17(18)13-8-4-6-10-15(13)19-3/h4-12H,1-3H3. The molecule has 0 radical (unpaired) electrons. The lowest BCUT2D eigenvalue weighted by atomic mass is 10.0. The molecule has 2 aromatic rings. The first-order chi connectivity index (χ1) is 9.63. The van der Waals surface area contributed by atoms with Gasteiger partial charge in [-0.05, 0) is 38.1 Å². The van der Waals surface area contributed by atoms with E-state index in [9.17, 15) is 4.79 Å². The summed E-state index contributed by atoms with van der Waals surface area (Å²) >= 11 is 0. The van der Waals surface area contributed by atoms with Crippen LogP contribution in [0.15, 0.2) is 48.5 Å². The highest BCUT2D eigenvalue weighted by atomic mass is 16.5. The molecule has 0 heterocycles. The third-order valence-electron chi connectivity index (χ3n) is 2.85. The second-order valence-corrected chi connectivity index (χ2v) is 4.69. The molecule has 0 aliphatic heterocycles. The third-order valence-corrected chi connectivity index (χ3v) is 2.85. The maximum absolute atomic E-state index is 12.7. The van der Waals surface area contributed by atoms with E-state index < -0.39 is 0 Å². The number of para-hydroxylation sites is 2. The van der Waals surface area contributed by atoms with Crippen LogP contribution in [0.2, 0.25) is 0 Å². The molecule has 20 heavy (non-hydrogen) atoms. The molecule has 0 N–H and O–H groups in total. The van der Waals surface area contributed by atoms with Crippen LogP contribution in [-0.4, -0.2) is 19.0 Å². The van der Waals surface area contributed by atoms with Gasteiger partial charge in [0.25, 0.3) is 0 Å². The molecule has 2 rings (SSSR count). The lowest BCUT2D eigenvalue weighted by molar-refractivity contribution is 0.103. The van der Waals surface area contributed by atoms with Gasteiger partial charge in [0, 0.05) is 0 Å². The first kappa shape index (κ1) is 14.1. The molecular formula is C17H18O3. The zero-order chi connectivity index (χ0) is 14.5. The van der Waals surface area contributed by atoms with E-state index in [1.807, 2.05) is 44.2 Å². The summed E-state index contributed by atoms with van der Waals surface area (Å²) in [7, 11) is 1.56. The lowest BCUT2D eigenvalue weighted by Crippen LogP contribution is -2.11. The summed E-state index contributed by atoms with van der Waals surface area (Å²) in [6, 6.07) is 14.5. The van der Waals surface area contributed by atoms with Crippen LogP contribution in [0.25, 0.3) is 0 Å². The van der Waals surface area contributed by atoms with Crippen molar-refractivity contribution in [2.24, 2.45) is 0 Å². The van der Waals surface area contributed by atoms with E-state index >= 15 is 0 Å². The Morgan fingerprint density at radius 3 is 1.95 bits per heavy atom. The summed E-state index contributed by atoms with van der Waals surface area (Å²) in [6.07, 6.45) is 0.0154. The van der Waals surface area contributed by atoms with Gasteiger partial charge in [0.2, 0.25) is 0 Å². The Hall–Kier alpha value is -2.29. The third kappa shape index (κ3) is 2.99. The Morgan fingerprint density at radius 2 is 1.40 bits per heavy atom. The number of ether oxygens (including phenoxy) is 2. The Bertz CT molecular complexity index is 603. The SMILES string of the molecule is COc1ccccc1C(=O)c1ccccc1OC(C)C. The maximum atomic E-state index is 12.7. The predicted octanol–water partition coefficient (Wildman–Crippen LogP) is 3.71. The summed E-state index contributed by atoms with van der Waals surface area (Å²) in [6.45, 7) is 3.87. The monoisotopic (exact) mass is 270 g/mol. The second-order valence-electron chi connectivity index (χ2n) is 4.69. The van der Waals surface area contributed by atoms with Crippen LogP contribution in [0.3, 0.4) is 0 Å². The largest absolute Gasteiger partial charge is 0.496 e. The predicted molar refractivity (Wildman–Crippen MR) is 78.6 cm³/mol. The summed E-state index contributed by atoms with van der Waals surface area (Å²) in [4.78, 5) is 12.7. The topological polar surface area (TPSA) is 35.5 Å². The lowest BCUT2D eigenvalue weighted by Gasteiger charge is -2.14. The average molecular weight is 270 g/mol. The van der Waals surface area contributed by atoms with E-state index in [0.29, 0.717) is 22.6 Å². The van der Waals surface area contributed by atoms with Crippen molar-refractivity contribution in [2.45, 2.75) is 20.0 Å². The van der Waals surface area contributed by atoms with Crippen LogP contribution in [0.5, 0.6) is 11.5 Å². The fourth-order valence-corrected chi connectivity index (χ4v) is 1.99. The number of hydrogen-bond acceptors (Lipinski definition) is 3. The van der Waals surface area contributed by atoms with Gasteiger partial charge in [-0.3, -0.25) is 4.79 Å². The van der Waals surface area contributed by atoms with Crippen molar-refractivity contribution in [3.8, 4) is 11.5 Å². The summed E-state index contributed by atoms with van der Waals surface area (Å²) in [5.74, 6) is 1.06. The first-order valence-electron chi connectivity index (χ1n) is 6.57. The van der Waals surface area contributed by atoms with Crippen molar-refractivity contribution in [1.82, 2.24) is 0 Å². The Kier molecular flexibility index (Phi) is 4.41. The molecule has 3 heteroatoms. The molecule has 0 amide bonds. The molecule has 2 aromatic carbocycles. The Balaban J connectivity index is 2.43. The van der Waals surface area contributed by atoms with Crippen LogP contribution in [-0.2, 0) is 0 Å². The van der Waals surface area contributed by atoms with E-state index in [-0.39, 0.29) is 11.9 Å². The van der Waals surface area contributed by atoms with Gasteiger partial charge >= 0.3 is 0 Å². The molecule has 0 bridgehead atoms. The molecule has 3 nitrogen and oxygen atoms in total. The minimum absolute atomic E-state index is 0.0154. The number of methoxy groups -OCH3 is 1. The van der Waals surface area contributed by atoms with Gasteiger partial charge in [-0.15, -0.1) is 0 Å². The van der Waals surface area contributed by atoms with E-state index in [0.717, 1.165) is 0 Å². The van der Waals surface area contributed by atoms with Crippen molar-refractivity contribution < 1.29 is 14.3 Å². The van der Waals surface area contributed by atoms with Crippen LogP contribution >= 0.6 is 0 Å². The Morgan fingerprint density at radius 1 is 0.900 bits per heavy atom. The quantitative estimate of drug-likeness (QED) is 0.777. The minimum atomic E-state index is -0.0984. The normalized spacial score (nSPS) is 10.4. The minimum Gasteiger partial charge on any atom is -0.496 e. The fraction of sp³-hybridized carbons (Fsp3) is 0.235. The molecule has 0 unspecified atom stereocenters. The second kappa shape index (κ2) is 6.24. The number of benzene rings is 2. The molecule has 0 aromatic heterocycles. The molecule has 0 aliphatic rings. The van der Waals surface area contributed by atoms with Crippen LogP contribution in [0.1, 0.15) is 29.8 Å². The van der Waals surface area contributed by atoms with Crippen LogP contribution in [0, 0.1) is 0 Å². The molecule has 0 saturated carbocycles. The van der Waals surface area contributed by atoms with Gasteiger partial charge in [-0.1, -0.05) is 24.3 Å². The van der Waals surface area contributed by atoms with Gasteiger partial charge in [0.15, 0.2) is 5.78 Å². The van der Waals surface area contributed by atoms with Gasteiger partial charge in [-0.25, -0.2) is 0 Å². The van der Waals surface area contributed by atoms with Crippen molar-refractivity contribution in [1.29, 1.82) is 0 Å². The zero-order valence-electron chi connectivity index (χ0n) is 11.9. The van der Waals surface area contributed by atoms with Gasteiger partial charge in [0.05, 0.1) is 24.3 Å². The molecule has 0 saturated heterocycles. The van der Waals surface area contributed by atoms with Gasteiger partial charge in [-0.2, -0.15) is 0 Å². The molecular weight excluding hydrogens is 252 g/mol. The number of carbonyl (C=O) groups excluding carboxylic acids is 1. The van der Waals surface area contributed by atoms with Gasteiger partial charge < -0.3 is 9.47 Å². The maximum Gasteiger partial charge on any atom is 0.200 e. The highest BCUT2D eigenvalue weighted by molar-refractivity contribution is 6.12.